The average molecular weight is 248 g/mol. The molecular weight excluding hydrogens is 236 g/mol. The molecule has 0 saturated carbocycles. The Morgan fingerprint density at radius 2 is 2.24 bits per heavy atom. The third-order valence-corrected chi connectivity index (χ3v) is 4.70. The van der Waals surface area contributed by atoms with Crippen LogP contribution in [0.15, 0.2) is 23.4 Å². The maximum Gasteiger partial charge on any atom is 0.235 e. The molecule has 0 bridgehead atoms. The van der Waals surface area contributed by atoms with Gasteiger partial charge < -0.3 is 0 Å². The van der Waals surface area contributed by atoms with Crippen LogP contribution in [0.5, 0.6) is 0 Å². The molecule has 1 aromatic rings. The van der Waals surface area contributed by atoms with Crippen LogP contribution in [0.3, 0.4) is 0 Å². The van der Waals surface area contributed by atoms with Crippen molar-refractivity contribution in [1.29, 1.82) is 5.26 Å². The molecule has 4 nitrogen and oxygen atoms in total. The molecule has 2 aliphatic rings. The molecule has 0 aliphatic heterocycles. The third-order valence-electron chi connectivity index (χ3n) is 3.65. The lowest BCUT2D eigenvalue weighted by atomic mass is 9.71. The molecule has 0 amide bonds. The summed E-state index contributed by atoms with van der Waals surface area (Å²) in [4.78, 5) is 0. The number of allylic oxidation sites excluding steroid dienone is 2. The normalized spacial score (nSPS) is 22.5. The summed E-state index contributed by atoms with van der Waals surface area (Å²) in [6, 6.07) is 4.14. The third kappa shape index (κ3) is 1.44. The summed E-state index contributed by atoms with van der Waals surface area (Å²) in [5, 5.41) is 8.94. The van der Waals surface area contributed by atoms with Crippen molar-refractivity contribution in [2.75, 3.05) is 6.26 Å². The fourth-order valence-corrected chi connectivity index (χ4v) is 3.60. The first-order valence-corrected chi connectivity index (χ1v) is 7.35. The molecule has 1 atom stereocenters. The quantitative estimate of drug-likeness (QED) is 0.702. The summed E-state index contributed by atoms with van der Waals surface area (Å²) in [6.07, 6.45) is 5.11. The molecule has 0 saturated heterocycles. The van der Waals surface area contributed by atoms with Gasteiger partial charge in [0.2, 0.25) is 10.0 Å². The Morgan fingerprint density at radius 1 is 1.47 bits per heavy atom. The first-order valence-electron chi connectivity index (χ1n) is 5.50. The SMILES string of the molecule is CS(=O)(=O)n1ccc2c1CC1=C(C2)CC1C#N. The zero-order valence-corrected chi connectivity index (χ0v) is 10.3. The number of rotatable bonds is 1. The second-order valence-corrected chi connectivity index (χ2v) is 6.57. The second-order valence-electron chi connectivity index (χ2n) is 4.71. The topological polar surface area (TPSA) is 62.9 Å². The number of hydrogen-bond donors (Lipinski definition) is 0. The van der Waals surface area contributed by atoms with Gasteiger partial charge in [0.15, 0.2) is 0 Å². The van der Waals surface area contributed by atoms with Crippen LogP contribution in [0, 0.1) is 17.2 Å². The molecule has 0 N–H and O–H groups in total. The molecule has 2 aliphatic carbocycles. The van der Waals surface area contributed by atoms with Crippen LogP contribution in [0.4, 0.5) is 0 Å². The fourth-order valence-electron chi connectivity index (χ4n) is 2.73. The number of nitrogens with zero attached hydrogens (tertiary/aromatic N) is 2. The van der Waals surface area contributed by atoms with E-state index in [0.717, 1.165) is 29.7 Å². The molecule has 0 aromatic carbocycles. The summed E-state index contributed by atoms with van der Waals surface area (Å²) in [5.74, 6) is 0.000982. The van der Waals surface area contributed by atoms with Crippen molar-refractivity contribution in [2.45, 2.75) is 19.3 Å². The molecule has 1 unspecified atom stereocenters. The average Bonchev–Trinajstić information content (AvgIpc) is 2.63. The van der Waals surface area contributed by atoms with E-state index in [1.165, 1.54) is 15.8 Å². The molecule has 0 spiro atoms. The van der Waals surface area contributed by atoms with E-state index in [0.29, 0.717) is 6.42 Å². The minimum Gasteiger partial charge on any atom is -0.249 e. The molecule has 1 aromatic heterocycles. The van der Waals surface area contributed by atoms with Crippen molar-refractivity contribution in [3.8, 4) is 6.07 Å². The van der Waals surface area contributed by atoms with Gasteiger partial charge in [-0.15, -0.1) is 0 Å². The Kier molecular flexibility index (Phi) is 2.02. The summed E-state index contributed by atoms with van der Waals surface area (Å²) in [7, 11) is -3.23. The summed E-state index contributed by atoms with van der Waals surface area (Å²) in [5.41, 5.74) is 4.40. The lowest BCUT2D eigenvalue weighted by Crippen LogP contribution is -2.26. The standard InChI is InChI=1S/C12H12N2O2S/c1-17(15,16)14-3-2-8-4-9-5-10(7-13)11(9)6-12(8)14/h2-3,10H,4-6H2,1H3. The van der Waals surface area contributed by atoms with E-state index in [-0.39, 0.29) is 5.92 Å². The molecular formula is C12H12N2O2S. The van der Waals surface area contributed by atoms with E-state index in [4.69, 9.17) is 5.26 Å². The molecule has 0 fully saturated rings. The van der Waals surface area contributed by atoms with Gasteiger partial charge in [0.05, 0.1) is 18.2 Å². The Morgan fingerprint density at radius 3 is 2.88 bits per heavy atom. The maximum atomic E-state index is 11.6. The maximum absolute atomic E-state index is 11.6. The molecule has 1 heterocycles. The van der Waals surface area contributed by atoms with E-state index in [1.807, 2.05) is 6.07 Å². The Bertz CT molecular complexity index is 674. The predicted octanol–water partition coefficient (Wildman–Crippen LogP) is 1.23. The van der Waals surface area contributed by atoms with Crippen LogP contribution in [0.2, 0.25) is 0 Å². The van der Waals surface area contributed by atoms with Gasteiger partial charge >= 0.3 is 0 Å². The van der Waals surface area contributed by atoms with E-state index in [1.54, 1.807) is 6.20 Å². The van der Waals surface area contributed by atoms with Crippen molar-refractivity contribution in [3.05, 3.63) is 34.7 Å². The second kappa shape index (κ2) is 3.23. The lowest BCUT2D eigenvalue weighted by Gasteiger charge is -2.33. The van der Waals surface area contributed by atoms with Crippen LogP contribution in [-0.4, -0.2) is 18.6 Å². The highest BCUT2D eigenvalue weighted by molar-refractivity contribution is 7.89. The van der Waals surface area contributed by atoms with Gasteiger partial charge in [-0.05, 0) is 30.0 Å². The fraction of sp³-hybridized carbons (Fsp3) is 0.417. The molecule has 88 valence electrons. The highest BCUT2D eigenvalue weighted by atomic mass is 32.2. The Hall–Kier alpha value is -1.54. The van der Waals surface area contributed by atoms with Gasteiger partial charge in [0, 0.05) is 18.3 Å². The molecule has 17 heavy (non-hydrogen) atoms. The van der Waals surface area contributed by atoms with Gasteiger partial charge in [-0.25, -0.2) is 12.4 Å². The number of aromatic nitrogens is 1. The molecule has 0 radical (unpaired) electrons. The highest BCUT2D eigenvalue weighted by Gasteiger charge is 2.34. The highest BCUT2D eigenvalue weighted by Crippen LogP contribution is 2.42. The van der Waals surface area contributed by atoms with E-state index in [2.05, 4.69) is 6.07 Å². The van der Waals surface area contributed by atoms with Crippen LogP contribution in [0.25, 0.3) is 0 Å². The first kappa shape index (κ1) is 10.6. The minimum atomic E-state index is -3.23. The van der Waals surface area contributed by atoms with Crippen molar-refractivity contribution in [1.82, 2.24) is 3.97 Å². The summed E-state index contributed by atoms with van der Waals surface area (Å²) < 4.78 is 24.6. The van der Waals surface area contributed by atoms with Gasteiger partial charge in [-0.3, -0.25) is 0 Å². The smallest absolute Gasteiger partial charge is 0.235 e. The summed E-state index contributed by atoms with van der Waals surface area (Å²) >= 11 is 0. The van der Waals surface area contributed by atoms with Crippen molar-refractivity contribution in [2.24, 2.45) is 5.92 Å². The van der Waals surface area contributed by atoms with Crippen molar-refractivity contribution in [3.63, 3.8) is 0 Å². The molecule has 5 heteroatoms. The monoisotopic (exact) mass is 248 g/mol. The first-order chi connectivity index (χ1) is 8.00. The van der Waals surface area contributed by atoms with Gasteiger partial charge in [-0.2, -0.15) is 5.26 Å². The Balaban J connectivity index is 2.05. The lowest BCUT2D eigenvalue weighted by molar-refractivity contribution is 0.579. The van der Waals surface area contributed by atoms with E-state index >= 15 is 0 Å². The summed E-state index contributed by atoms with van der Waals surface area (Å²) in [6.45, 7) is 0. The number of fused-ring (bicyclic) bond motifs is 1. The number of hydrogen-bond acceptors (Lipinski definition) is 3. The van der Waals surface area contributed by atoms with Crippen LogP contribution >= 0.6 is 0 Å². The van der Waals surface area contributed by atoms with Crippen molar-refractivity contribution >= 4 is 10.0 Å². The predicted molar refractivity (Wildman–Crippen MR) is 62.8 cm³/mol. The van der Waals surface area contributed by atoms with Gasteiger partial charge in [0.25, 0.3) is 0 Å². The number of nitriles is 1. The van der Waals surface area contributed by atoms with Crippen LogP contribution in [-0.2, 0) is 22.9 Å². The van der Waals surface area contributed by atoms with Gasteiger partial charge in [0.1, 0.15) is 0 Å². The van der Waals surface area contributed by atoms with E-state index in [9.17, 15) is 8.42 Å². The van der Waals surface area contributed by atoms with Crippen molar-refractivity contribution < 1.29 is 8.42 Å². The van der Waals surface area contributed by atoms with Gasteiger partial charge in [-0.1, -0.05) is 5.57 Å². The van der Waals surface area contributed by atoms with Crippen LogP contribution < -0.4 is 0 Å². The molecule has 3 rings (SSSR count). The minimum absolute atomic E-state index is 0.000982. The van der Waals surface area contributed by atoms with Crippen LogP contribution in [0.1, 0.15) is 17.7 Å². The van der Waals surface area contributed by atoms with E-state index < -0.39 is 10.0 Å². The zero-order chi connectivity index (χ0) is 12.2. The Labute approximate surface area is 100 Å². The zero-order valence-electron chi connectivity index (χ0n) is 9.47. The largest absolute Gasteiger partial charge is 0.249 e.